The van der Waals surface area contributed by atoms with E-state index in [9.17, 15) is 13.2 Å². The molecule has 1 atom stereocenters. The Morgan fingerprint density at radius 3 is 2.83 bits per heavy atom. The Kier molecular flexibility index (Phi) is 3.75. The predicted molar refractivity (Wildman–Crippen MR) is 67.1 cm³/mol. The first kappa shape index (κ1) is 13.1. The molecule has 0 N–H and O–H groups in total. The number of carbonyl (C=O) groups excluding carboxylic acids is 1. The van der Waals surface area contributed by atoms with Gasteiger partial charge < -0.3 is 9.32 Å². The number of hydrogen-bond donors (Lipinski definition) is 0. The first-order chi connectivity index (χ1) is 8.53. The minimum absolute atomic E-state index is 0.0689. The van der Waals surface area contributed by atoms with E-state index >= 15 is 0 Å². The molecular weight excluding hydrogens is 254 g/mol. The van der Waals surface area contributed by atoms with Crippen molar-refractivity contribution >= 4 is 15.7 Å². The van der Waals surface area contributed by atoms with Crippen LogP contribution in [0, 0.1) is 0 Å². The van der Waals surface area contributed by atoms with E-state index in [2.05, 4.69) is 0 Å². The molecule has 1 aromatic heterocycles. The molecule has 1 amide bonds. The van der Waals surface area contributed by atoms with E-state index in [1.54, 1.807) is 17.0 Å². The Balaban J connectivity index is 2.16. The minimum Gasteiger partial charge on any atom is -0.459 e. The molecule has 1 aromatic rings. The third-order valence-electron chi connectivity index (χ3n) is 3.11. The molecule has 0 unspecified atom stereocenters. The lowest BCUT2D eigenvalue weighted by Crippen LogP contribution is -2.41. The van der Waals surface area contributed by atoms with Gasteiger partial charge in [0, 0.05) is 12.6 Å². The molecule has 5 nitrogen and oxygen atoms in total. The molecule has 0 bridgehead atoms. The first-order valence-electron chi connectivity index (χ1n) is 6.08. The lowest BCUT2D eigenvalue weighted by Gasteiger charge is -2.26. The van der Waals surface area contributed by atoms with Crippen LogP contribution in [0.1, 0.15) is 30.3 Å². The summed E-state index contributed by atoms with van der Waals surface area (Å²) in [4.78, 5) is 13.9. The van der Waals surface area contributed by atoms with Crippen molar-refractivity contribution in [1.82, 2.24) is 4.90 Å². The van der Waals surface area contributed by atoms with Crippen LogP contribution >= 0.6 is 0 Å². The number of amides is 1. The van der Waals surface area contributed by atoms with E-state index in [1.165, 1.54) is 6.26 Å². The van der Waals surface area contributed by atoms with Crippen LogP contribution in [0.5, 0.6) is 0 Å². The maximum atomic E-state index is 12.2. The highest BCUT2D eigenvalue weighted by Gasteiger charge is 2.35. The number of carbonyl (C=O) groups is 1. The molecule has 0 radical (unpaired) electrons. The van der Waals surface area contributed by atoms with Crippen molar-refractivity contribution in [2.75, 3.05) is 18.1 Å². The van der Waals surface area contributed by atoms with E-state index in [-0.39, 0.29) is 29.2 Å². The van der Waals surface area contributed by atoms with Gasteiger partial charge in [-0.05, 0) is 25.0 Å². The van der Waals surface area contributed by atoms with Crippen LogP contribution in [0.4, 0.5) is 0 Å². The van der Waals surface area contributed by atoms with Gasteiger partial charge in [0.1, 0.15) is 0 Å². The van der Waals surface area contributed by atoms with Gasteiger partial charge in [-0.1, -0.05) is 6.92 Å². The maximum Gasteiger partial charge on any atom is 0.289 e. The number of furan rings is 1. The zero-order valence-electron chi connectivity index (χ0n) is 10.3. The van der Waals surface area contributed by atoms with Gasteiger partial charge >= 0.3 is 0 Å². The lowest BCUT2D eigenvalue weighted by molar-refractivity contribution is 0.0664. The second kappa shape index (κ2) is 5.14. The van der Waals surface area contributed by atoms with Crippen molar-refractivity contribution in [3.63, 3.8) is 0 Å². The summed E-state index contributed by atoms with van der Waals surface area (Å²) in [5, 5.41) is 0. The van der Waals surface area contributed by atoms with Gasteiger partial charge in [0.25, 0.3) is 5.91 Å². The van der Waals surface area contributed by atoms with Crippen molar-refractivity contribution in [3.8, 4) is 0 Å². The Hall–Kier alpha value is -1.30. The molecule has 1 saturated heterocycles. The third kappa shape index (κ3) is 2.75. The molecule has 0 spiro atoms. The second-order valence-electron chi connectivity index (χ2n) is 4.53. The van der Waals surface area contributed by atoms with Crippen LogP contribution in [0.15, 0.2) is 22.8 Å². The Morgan fingerprint density at radius 2 is 2.33 bits per heavy atom. The standard InChI is InChI=1S/C12H17NO4S/c1-2-6-13(10-5-8-18(15,16)9-10)12(14)11-4-3-7-17-11/h3-4,7,10H,2,5-6,8-9H2,1H3/t10-/m1/s1. The SMILES string of the molecule is CCCN(C(=O)c1ccco1)[C@@H]1CCS(=O)(=O)C1. The quantitative estimate of drug-likeness (QED) is 0.828. The number of hydrogen-bond acceptors (Lipinski definition) is 4. The van der Waals surface area contributed by atoms with Gasteiger partial charge in [0.05, 0.1) is 17.8 Å². The molecule has 0 aromatic carbocycles. The second-order valence-corrected chi connectivity index (χ2v) is 6.76. The van der Waals surface area contributed by atoms with Gasteiger partial charge in [-0.15, -0.1) is 0 Å². The molecule has 2 rings (SSSR count). The van der Waals surface area contributed by atoms with Crippen LogP contribution in [0.2, 0.25) is 0 Å². The van der Waals surface area contributed by atoms with Gasteiger partial charge in [0.15, 0.2) is 15.6 Å². The molecule has 0 aliphatic carbocycles. The zero-order valence-corrected chi connectivity index (χ0v) is 11.1. The average Bonchev–Trinajstić information content (AvgIpc) is 2.94. The van der Waals surface area contributed by atoms with Crippen molar-refractivity contribution in [2.45, 2.75) is 25.8 Å². The predicted octanol–water partition coefficient (Wildman–Crippen LogP) is 1.32. The molecule has 1 fully saturated rings. The molecule has 100 valence electrons. The summed E-state index contributed by atoms with van der Waals surface area (Å²) in [5.74, 6) is 0.291. The summed E-state index contributed by atoms with van der Waals surface area (Å²) in [6, 6.07) is 3.05. The third-order valence-corrected chi connectivity index (χ3v) is 4.86. The van der Waals surface area contributed by atoms with E-state index in [0.29, 0.717) is 13.0 Å². The van der Waals surface area contributed by atoms with Crippen LogP contribution in [-0.4, -0.2) is 43.3 Å². The molecule has 6 heteroatoms. The summed E-state index contributed by atoms with van der Waals surface area (Å²) in [5.41, 5.74) is 0. The fourth-order valence-electron chi connectivity index (χ4n) is 2.25. The Morgan fingerprint density at radius 1 is 1.56 bits per heavy atom. The highest BCUT2D eigenvalue weighted by atomic mass is 32.2. The fourth-order valence-corrected chi connectivity index (χ4v) is 3.98. The van der Waals surface area contributed by atoms with Crippen molar-refractivity contribution in [3.05, 3.63) is 24.2 Å². The fraction of sp³-hybridized carbons (Fsp3) is 0.583. The molecule has 1 aliphatic heterocycles. The topological polar surface area (TPSA) is 67.6 Å². The maximum absolute atomic E-state index is 12.2. The van der Waals surface area contributed by atoms with Gasteiger partial charge in [0.2, 0.25) is 0 Å². The van der Waals surface area contributed by atoms with Crippen LogP contribution < -0.4 is 0 Å². The largest absolute Gasteiger partial charge is 0.459 e. The van der Waals surface area contributed by atoms with Crippen molar-refractivity contribution < 1.29 is 17.6 Å². The zero-order chi connectivity index (χ0) is 13.2. The van der Waals surface area contributed by atoms with Gasteiger partial charge in [-0.2, -0.15) is 0 Å². The molecule has 1 aliphatic rings. The number of rotatable bonds is 4. The van der Waals surface area contributed by atoms with Crippen LogP contribution in [-0.2, 0) is 9.84 Å². The van der Waals surface area contributed by atoms with E-state index in [4.69, 9.17) is 4.42 Å². The molecule has 18 heavy (non-hydrogen) atoms. The lowest BCUT2D eigenvalue weighted by atomic mass is 10.2. The highest BCUT2D eigenvalue weighted by molar-refractivity contribution is 7.91. The highest BCUT2D eigenvalue weighted by Crippen LogP contribution is 2.20. The summed E-state index contributed by atoms with van der Waals surface area (Å²) in [6.07, 6.45) is 2.76. The molecule has 0 saturated carbocycles. The van der Waals surface area contributed by atoms with Crippen molar-refractivity contribution in [1.29, 1.82) is 0 Å². The monoisotopic (exact) mass is 271 g/mol. The summed E-state index contributed by atoms with van der Waals surface area (Å²) < 4.78 is 28.1. The van der Waals surface area contributed by atoms with Crippen LogP contribution in [0.3, 0.4) is 0 Å². The van der Waals surface area contributed by atoms with E-state index in [0.717, 1.165) is 6.42 Å². The smallest absolute Gasteiger partial charge is 0.289 e. The summed E-state index contributed by atoms with van der Waals surface area (Å²) in [6.45, 7) is 2.52. The summed E-state index contributed by atoms with van der Waals surface area (Å²) in [7, 11) is -2.99. The van der Waals surface area contributed by atoms with Crippen LogP contribution in [0.25, 0.3) is 0 Å². The molecule has 2 heterocycles. The molecular formula is C12H17NO4S. The Labute approximate surface area is 107 Å². The van der Waals surface area contributed by atoms with E-state index < -0.39 is 9.84 Å². The summed E-state index contributed by atoms with van der Waals surface area (Å²) >= 11 is 0. The van der Waals surface area contributed by atoms with Gasteiger partial charge in [-0.25, -0.2) is 8.42 Å². The number of nitrogens with zero attached hydrogens (tertiary/aromatic N) is 1. The normalized spacial score (nSPS) is 21.9. The van der Waals surface area contributed by atoms with Crippen molar-refractivity contribution in [2.24, 2.45) is 0 Å². The van der Waals surface area contributed by atoms with E-state index in [1.807, 2.05) is 6.92 Å². The van der Waals surface area contributed by atoms with Gasteiger partial charge in [-0.3, -0.25) is 4.79 Å². The number of sulfone groups is 1. The first-order valence-corrected chi connectivity index (χ1v) is 7.90. The average molecular weight is 271 g/mol. The minimum atomic E-state index is -2.99. The Bertz CT molecular complexity index is 506.